The van der Waals surface area contributed by atoms with Crippen molar-refractivity contribution < 1.29 is 13.3 Å². The molecule has 7 aromatic rings. The van der Waals surface area contributed by atoms with E-state index in [-0.39, 0.29) is 0 Å². The van der Waals surface area contributed by atoms with Gasteiger partial charge in [-0.25, -0.2) is 0 Å². The molecule has 3 heterocycles. The summed E-state index contributed by atoms with van der Waals surface area (Å²) in [6, 6.07) is 59.9. The van der Waals surface area contributed by atoms with Gasteiger partial charge in [0.25, 0.3) is 0 Å². The van der Waals surface area contributed by atoms with Gasteiger partial charge in [-0.05, 0) is 107 Å². The Morgan fingerprint density at radius 1 is 0.291 bits per heavy atom. The fourth-order valence-electron chi connectivity index (χ4n) is 14.5. The van der Waals surface area contributed by atoms with Crippen LogP contribution in [-0.4, -0.2) is 60.9 Å². The van der Waals surface area contributed by atoms with Crippen LogP contribution in [-0.2, 0) is 19.7 Å². The summed E-state index contributed by atoms with van der Waals surface area (Å²) in [6.07, 6.45) is 9.18. The lowest BCUT2D eigenvalue weighted by Crippen LogP contribution is -2.57. The molecule has 4 aromatic carbocycles. The van der Waals surface area contributed by atoms with Crippen LogP contribution in [0.15, 0.2) is 109 Å². The summed E-state index contributed by atoms with van der Waals surface area (Å²) in [7, 11) is -10.9. The van der Waals surface area contributed by atoms with Crippen LogP contribution in [0.2, 0.25) is 72.5 Å². The van der Waals surface area contributed by atoms with Crippen molar-refractivity contribution in [3.8, 4) is 62.6 Å². The summed E-state index contributed by atoms with van der Waals surface area (Å²) in [6.45, 7) is 41.0. The van der Waals surface area contributed by atoms with Gasteiger partial charge < -0.3 is 13.3 Å². The molecule has 468 valence electrons. The van der Waals surface area contributed by atoms with E-state index in [1.807, 2.05) is 11.3 Å². The van der Waals surface area contributed by atoms with Crippen molar-refractivity contribution >= 4 is 101 Å². The third-order valence-electron chi connectivity index (χ3n) is 21.1. The molecular formula is C75H112O3S3Si5. The second kappa shape index (κ2) is 32.8. The van der Waals surface area contributed by atoms with E-state index in [0.29, 0.717) is 19.8 Å². The second-order valence-electron chi connectivity index (χ2n) is 24.9. The minimum atomic E-state index is -3.08. The molecule has 0 N–H and O–H groups in total. The lowest BCUT2D eigenvalue weighted by Gasteiger charge is -2.37. The van der Waals surface area contributed by atoms with Crippen molar-refractivity contribution in [1.82, 2.24) is 0 Å². The minimum absolute atomic E-state index is 0.628. The van der Waals surface area contributed by atoms with Crippen LogP contribution in [0.1, 0.15) is 161 Å². The summed E-state index contributed by atoms with van der Waals surface area (Å²) in [5.74, 6) is 0. The molecular weight excluding hydrogens is 1190 g/mol. The highest BCUT2D eigenvalue weighted by Crippen LogP contribution is 2.44. The Morgan fingerprint density at radius 2 is 0.581 bits per heavy atom. The molecule has 0 saturated carbocycles. The van der Waals surface area contributed by atoms with Crippen molar-refractivity contribution in [2.75, 3.05) is 19.8 Å². The average molecular weight is 1300 g/mol. The van der Waals surface area contributed by atoms with Crippen LogP contribution in [0, 0.1) is 0 Å². The highest BCUT2D eigenvalue weighted by atomic mass is 32.1. The quantitative estimate of drug-likeness (QED) is 0.0287. The topological polar surface area (TPSA) is 27.7 Å². The van der Waals surface area contributed by atoms with Gasteiger partial charge in [0.2, 0.25) is 0 Å². The molecule has 0 spiro atoms. The number of unbranched alkanes of at least 4 members (excludes halogenated alkanes) is 3. The first-order valence-corrected chi connectivity index (χ1v) is 49.2. The normalized spacial score (nSPS) is 12.7. The smallest absolute Gasteiger partial charge is 0.370 e. The molecule has 0 aliphatic rings. The fourth-order valence-corrected chi connectivity index (χ4v) is 36.6. The maximum Gasteiger partial charge on any atom is 0.537 e. The van der Waals surface area contributed by atoms with Crippen molar-refractivity contribution in [2.45, 2.75) is 235 Å². The SMILES string of the molecule is CCCCCCc1ccc(-c2ccc(-c3c([Si](CC)(CC)CC)cc(-c4ccc(-c5cc([Si](CC)(CC)CC)c(-c6ccc(-c7ccc([Si](OCCC)(OCCC)OCCC)cc7)s6)c([Si](CC)(CC)CC)c5)s4)cc3[Si](CC)(CC)CC)s2)cc1. The summed E-state index contributed by atoms with van der Waals surface area (Å²) in [5.41, 5.74) is 10.3. The lowest BCUT2D eigenvalue weighted by molar-refractivity contribution is 0.0732. The molecule has 0 atom stereocenters. The van der Waals surface area contributed by atoms with Crippen LogP contribution >= 0.6 is 34.0 Å². The Labute approximate surface area is 542 Å². The number of hydrogen-bond donors (Lipinski definition) is 0. The predicted octanol–water partition coefficient (Wildman–Crippen LogP) is 22.3. The van der Waals surface area contributed by atoms with Crippen LogP contribution in [0.4, 0.5) is 0 Å². The second-order valence-corrected chi connectivity index (χ2v) is 51.6. The standard InChI is InChI=1S/C75H112O3S3Si5/c1-17-33-34-35-36-58-37-39-59(40-38-58)64-47-49-68(80-64)74-70(82(21-5,22-6)23-7)54-61(55-71(74)83(24-8,25-9)26-10)66-45-46-67(79-66)62-56-72(84(27-11,28-12)29-13)75(73(57-62)85(30-14,31-15)32-16)69-50-48-65(81-69)60-41-43-63(44-42-60)86(76-51-18-2,77-52-19-3)78-53-20-4/h37-50,54-57H,17-36,51-53H2,1-16H3. The van der Waals surface area contributed by atoms with Gasteiger partial charge in [0.1, 0.15) is 0 Å². The Hall–Kier alpha value is -3.06. The number of aryl methyl sites for hydroxylation is 1. The molecule has 0 fully saturated rings. The first-order chi connectivity index (χ1) is 41.7. The molecule has 3 nitrogen and oxygen atoms in total. The van der Waals surface area contributed by atoms with E-state index in [1.165, 1.54) is 162 Å². The summed E-state index contributed by atoms with van der Waals surface area (Å²) in [5, 5.41) is 7.96. The van der Waals surface area contributed by atoms with Crippen LogP contribution < -0.4 is 25.9 Å². The lowest BCUT2D eigenvalue weighted by atomic mass is 10.0. The van der Waals surface area contributed by atoms with Gasteiger partial charge in [-0.3, -0.25) is 0 Å². The summed E-state index contributed by atoms with van der Waals surface area (Å²) >= 11 is 6.16. The average Bonchev–Trinajstić information content (AvgIpc) is 2.03. The van der Waals surface area contributed by atoms with Gasteiger partial charge in [-0.2, -0.15) is 0 Å². The predicted molar refractivity (Wildman–Crippen MR) is 402 cm³/mol. The molecule has 0 aliphatic heterocycles. The summed E-state index contributed by atoms with van der Waals surface area (Å²) < 4.78 is 19.8. The van der Waals surface area contributed by atoms with E-state index in [9.17, 15) is 0 Å². The molecule has 7 rings (SSSR count). The fraction of sp³-hybridized carbons (Fsp3) is 0.520. The Balaban J connectivity index is 1.41. The molecule has 0 unspecified atom stereocenters. The minimum Gasteiger partial charge on any atom is -0.370 e. The van der Waals surface area contributed by atoms with Gasteiger partial charge in [0.05, 0.1) is 32.3 Å². The van der Waals surface area contributed by atoms with Crippen molar-refractivity contribution in [3.05, 3.63) is 115 Å². The molecule has 0 radical (unpaired) electrons. The Bertz CT molecular complexity index is 3040. The van der Waals surface area contributed by atoms with E-state index < -0.39 is 41.1 Å². The molecule has 0 amide bonds. The van der Waals surface area contributed by atoms with Crippen molar-refractivity contribution in [1.29, 1.82) is 0 Å². The van der Waals surface area contributed by atoms with Gasteiger partial charge in [0.15, 0.2) is 0 Å². The Kier molecular flexibility index (Phi) is 26.8. The monoisotopic (exact) mass is 1300 g/mol. The van der Waals surface area contributed by atoms with E-state index in [2.05, 4.69) is 243 Å². The van der Waals surface area contributed by atoms with E-state index in [1.54, 1.807) is 31.9 Å². The zero-order chi connectivity index (χ0) is 62.1. The molecule has 86 heavy (non-hydrogen) atoms. The first kappa shape index (κ1) is 70.4. The zero-order valence-electron chi connectivity index (χ0n) is 56.6. The van der Waals surface area contributed by atoms with E-state index >= 15 is 0 Å². The maximum atomic E-state index is 6.61. The van der Waals surface area contributed by atoms with Crippen LogP contribution in [0.25, 0.3) is 62.6 Å². The first-order valence-electron chi connectivity index (χ1n) is 34.5. The summed E-state index contributed by atoms with van der Waals surface area (Å²) in [4.78, 5) is 8.55. The third kappa shape index (κ3) is 14.8. The maximum absolute atomic E-state index is 6.61. The van der Waals surface area contributed by atoms with Crippen LogP contribution in [0.5, 0.6) is 0 Å². The number of hydrogen-bond acceptors (Lipinski definition) is 6. The van der Waals surface area contributed by atoms with Crippen molar-refractivity contribution in [3.63, 3.8) is 0 Å². The Morgan fingerprint density at radius 3 is 0.884 bits per heavy atom. The number of benzene rings is 4. The highest BCUT2D eigenvalue weighted by Gasteiger charge is 2.45. The van der Waals surface area contributed by atoms with E-state index in [4.69, 9.17) is 13.3 Å². The number of thiophene rings is 3. The largest absolute Gasteiger partial charge is 0.537 e. The van der Waals surface area contributed by atoms with Gasteiger partial charge >= 0.3 is 8.80 Å². The molecule has 0 bridgehead atoms. The number of rotatable bonds is 37. The van der Waals surface area contributed by atoms with Gasteiger partial charge in [-0.1, -0.05) is 296 Å². The third-order valence-corrected chi connectivity index (χ3v) is 49.8. The van der Waals surface area contributed by atoms with E-state index in [0.717, 1.165) is 24.4 Å². The molecule has 0 saturated heterocycles. The molecule has 11 heteroatoms. The van der Waals surface area contributed by atoms with Crippen LogP contribution in [0.3, 0.4) is 0 Å². The zero-order valence-corrected chi connectivity index (χ0v) is 64.1. The van der Waals surface area contributed by atoms with Gasteiger partial charge in [-0.15, -0.1) is 34.0 Å². The van der Waals surface area contributed by atoms with Crippen molar-refractivity contribution in [2.24, 2.45) is 0 Å². The highest BCUT2D eigenvalue weighted by molar-refractivity contribution is 7.20. The van der Waals surface area contributed by atoms with Gasteiger partial charge in [0, 0.05) is 54.3 Å². The molecule has 3 aromatic heterocycles. The molecule has 0 aliphatic carbocycles.